The van der Waals surface area contributed by atoms with E-state index in [1.807, 2.05) is 0 Å². The second kappa shape index (κ2) is 6.58. The van der Waals surface area contributed by atoms with Crippen molar-refractivity contribution in [3.05, 3.63) is 0 Å². The predicted octanol–water partition coefficient (Wildman–Crippen LogP) is 3.90. The summed E-state index contributed by atoms with van der Waals surface area (Å²) in [6.45, 7) is 4.15. The van der Waals surface area contributed by atoms with Gasteiger partial charge < -0.3 is 10.2 Å². The minimum absolute atomic E-state index is 0.343. The molecular formula is C17H32O2. The Balaban J connectivity index is 1.97. The zero-order valence-corrected chi connectivity index (χ0v) is 12.8. The maximum atomic E-state index is 10.7. The molecule has 0 spiro atoms. The molecule has 2 atom stereocenters. The molecule has 0 aromatic heterocycles. The molecule has 0 heterocycles. The third-order valence-electron chi connectivity index (χ3n) is 5.72. The van der Waals surface area contributed by atoms with Crippen molar-refractivity contribution in [2.45, 2.75) is 90.3 Å². The van der Waals surface area contributed by atoms with E-state index in [0.29, 0.717) is 11.8 Å². The van der Waals surface area contributed by atoms with Crippen LogP contribution in [0.15, 0.2) is 0 Å². The zero-order valence-electron chi connectivity index (χ0n) is 12.8. The van der Waals surface area contributed by atoms with E-state index < -0.39 is 0 Å². The molecular weight excluding hydrogens is 236 g/mol. The van der Waals surface area contributed by atoms with E-state index in [2.05, 4.69) is 13.8 Å². The van der Waals surface area contributed by atoms with Crippen LogP contribution < -0.4 is 0 Å². The van der Waals surface area contributed by atoms with Gasteiger partial charge in [0, 0.05) is 5.41 Å². The van der Waals surface area contributed by atoms with Crippen LogP contribution in [0.2, 0.25) is 0 Å². The number of hydrogen-bond donors (Lipinski definition) is 2. The maximum absolute atomic E-state index is 10.7. The zero-order chi connectivity index (χ0) is 13.9. The molecule has 0 saturated heterocycles. The van der Waals surface area contributed by atoms with E-state index in [1.165, 1.54) is 38.5 Å². The molecule has 2 nitrogen and oxygen atoms in total. The predicted molar refractivity (Wildman–Crippen MR) is 78.9 cm³/mol. The Hall–Kier alpha value is -0.0800. The highest BCUT2D eigenvalue weighted by molar-refractivity contribution is 4.93. The fraction of sp³-hybridized carbons (Fsp3) is 1.00. The lowest BCUT2D eigenvalue weighted by Crippen LogP contribution is -2.48. The first-order valence-electron chi connectivity index (χ1n) is 8.39. The van der Waals surface area contributed by atoms with E-state index >= 15 is 0 Å². The highest BCUT2D eigenvalue weighted by atomic mass is 16.3. The number of hydrogen-bond acceptors (Lipinski definition) is 2. The van der Waals surface area contributed by atoms with Gasteiger partial charge in [0.1, 0.15) is 0 Å². The first-order chi connectivity index (χ1) is 9.03. The highest BCUT2D eigenvalue weighted by Gasteiger charge is 2.43. The summed E-state index contributed by atoms with van der Waals surface area (Å²) in [4.78, 5) is 0. The standard InChI is InChI=1S/C17H32O2/c1-17(2,15(18)13-9-5-3-6-10-13)16(19)14-11-7-4-8-12-14/h13-16,18-19H,3-12H2,1-2H3. The Morgan fingerprint density at radius 1 is 0.684 bits per heavy atom. The summed E-state index contributed by atoms with van der Waals surface area (Å²) in [6, 6.07) is 0. The second-order valence-corrected chi connectivity index (χ2v) is 7.51. The molecule has 2 unspecified atom stereocenters. The van der Waals surface area contributed by atoms with Gasteiger partial charge in [0.2, 0.25) is 0 Å². The van der Waals surface area contributed by atoms with Crippen LogP contribution in [0, 0.1) is 17.3 Å². The van der Waals surface area contributed by atoms with Gasteiger partial charge in [-0.05, 0) is 37.5 Å². The molecule has 2 heteroatoms. The molecule has 2 fully saturated rings. The molecule has 0 aromatic carbocycles. The van der Waals surface area contributed by atoms with E-state index in [9.17, 15) is 10.2 Å². The monoisotopic (exact) mass is 268 g/mol. The largest absolute Gasteiger partial charge is 0.392 e. The van der Waals surface area contributed by atoms with Crippen molar-refractivity contribution in [1.29, 1.82) is 0 Å². The Morgan fingerprint density at radius 3 is 1.32 bits per heavy atom. The quantitative estimate of drug-likeness (QED) is 0.812. The summed E-state index contributed by atoms with van der Waals surface area (Å²) in [5.41, 5.74) is -0.357. The highest BCUT2D eigenvalue weighted by Crippen LogP contribution is 2.41. The molecule has 0 radical (unpaired) electrons. The van der Waals surface area contributed by atoms with Gasteiger partial charge in [-0.3, -0.25) is 0 Å². The molecule has 0 amide bonds. The van der Waals surface area contributed by atoms with Crippen molar-refractivity contribution >= 4 is 0 Å². The van der Waals surface area contributed by atoms with Crippen LogP contribution in [-0.4, -0.2) is 22.4 Å². The fourth-order valence-corrected chi connectivity index (χ4v) is 4.29. The topological polar surface area (TPSA) is 40.5 Å². The summed E-state index contributed by atoms with van der Waals surface area (Å²) >= 11 is 0. The van der Waals surface area contributed by atoms with Crippen LogP contribution in [0.4, 0.5) is 0 Å². The molecule has 2 aliphatic rings. The molecule has 2 saturated carbocycles. The Morgan fingerprint density at radius 2 is 1.00 bits per heavy atom. The van der Waals surface area contributed by atoms with Gasteiger partial charge in [0.15, 0.2) is 0 Å². The smallest absolute Gasteiger partial charge is 0.0644 e. The van der Waals surface area contributed by atoms with Crippen molar-refractivity contribution in [2.24, 2.45) is 17.3 Å². The summed E-state index contributed by atoms with van der Waals surface area (Å²) in [6.07, 6.45) is 11.5. The summed E-state index contributed by atoms with van der Waals surface area (Å²) < 4.78 is 0. The van der Waals surface area contributed by atoms with Crippen LogP contribution in [-0.2, 0) is 0 Å². The Kier molecular flexibility index (Phi) is 5.30. The minimum Gasteiger partial charge on any atom is -0.392 e. The lowest BCUT2D eigenvalue weighted by Gasteiger charge is -2.44. The molecule has 112 valence electrons. The molecule has 19 heavy (non-hydrogen) atoms. The average molecular weight is 268 g/mol. The maximum Gasteiger partial charge on any atom is 0.0644 e. The van der Waals surface area contributed by atoms with Gasteiger partial charge in [-0.1, -0.05) is 52.4 Å². The average Bonchev–Trinajstić information content (AvgIpc) is 2.47. The SMILES string of the molecule is CC(C)(C(O)C1CCCCC1)C(O)C1CCCCC1. The van der Waals surface area contributed by atoms with Gasteiger partial charge in [-0.15, -0.1) is 0 Å². The molecule has 0 aliphatic heterocycles. The molecule has 2 N–H and O–H groups in total. The van der Waals surface area contributed by atoms with Crippen LogP contribution in [0.5, 0.6) is 0 Å². The van der Waals surface area contributed by atoms with E-state index in [-0.39, 0.29) is 17.6 Å². The van der Waals surface area contributed by atoms with Crippen LogP contribution >= 0.6 is 0 Å². The van der Waals surface area contributed by atoms with Gasteiger partial charge in [0.05, 0.1) is 12.2 Å². The third kappa shape index (κ3) is 3.52. The lowest BCUT2D eigenvalue weighted by molar-refractivity contribution is -0.106. The van der Waals surface area contributed by atoms with Crippen molar-refractivity contribution in [3.63, 3.8) is 0 Å². The first-order valence-corrected chi connectivity index (χ1v) is 8.39. The van der Waals surface area contributed by atoms with Crippen molar-refractivity contribution in [2.75, 3.05) is 0 Å². The minimum atomic E-state index is -0.357. The molecule has 2 rings (SSSR count). The van der Waals surface area contributed by atoms with E-state index in [1.54, 1.807) is 0 Å². The molecule has 0 aromatic rings. The van der Waals surface area contributed by atoms with Gasteiger partial charge in [0.25, 0.3) is 0 Å². The number of rotatable bonds is 4. The van der Waals surface area contributed by atoms with Crippen molar-refractivity contribution in [3.8, 4) is 0 Å². The van der Waals surface area contributed by atoms with Gasteiger partial charge in [-0.2, -0.15) is 0 Å². The first kappa shape index (κ1) is 15.3. The van der Waals surface area contributed by atoms with Crippen molar-refractivity contribution in [1.82, 2.24) is 0 Å². The summed E-state index contributed by atoms with van der Waals surface area (Å²) in [5, 5.41) is 21.5. The summed E-state index contributed by atoms with van der Waals surface area (Å²) in [7, 11) is 0. The van der Waals surface area contributed by atoms with Gasteiger partial charge in [-0.25, -0.2) is 0 Å². The fourth-order valence-electron chi connectivity index (χ4n) is 4.29. The normalized spacial score (nSPS) is 27.2. The van der Waals surface area contributed by atoms with E-state index in [0.717, 1.165) is 25.7 Å². The Bertz CT molecular complexity index is 236. The summed E-state index contributed by atoms with van der Waals surface area (Å²) in [5.74, 6) is 0.809. The molecule has 2 aliphatic carbocycles. The van der Waals surface area contributed by atoms with Crippen LogP contribution in [0.3, 0.4) is 0 Å². The Labute approximate surface area is 118 Å². The van der Waals surface area contributed by atoms with Crippen molar-refractivity contribution < 1.29 is 10.2 Å². The van der Waals surface area contributed by atoms with Crippen LogP contribution in [0.1, 0.15) is 78.1 Å². The third-order valence-corrected chi connectivity index (χ3v) is 5.72. The number of aliphatic hydroxyl groups is 2. The van der Waals surface area contributed by atoms with E-state index in [4.69, 9.17) is 0 Å². The second-order valence-electron chi connectivity index (χ2n) is 7.51. The van der Waals surface area contributed by atoms with Gasteiger partial charge >= 0.3 is 0 Å². The van der Waals surface area contributed by atoms with Crippen LogP contribution in [0.25, 0.3) is 0 Å². The molecule has 0 bridgehead atoms. The number of aliphatic hydroxyl groups excluding tert-OH is 2. The lowest BCUT2D eigenvalue weighted by atomic mass is 9.66.